The number of rotatable bonds is 6. The first-order chi connectivity index (χ1) is 13.6. The molecule has 0 bridgehead atoms. The molecule has 4 rings (SSSR count). The van der Waals surface area contributed by atoms with E-state index in [4.69, 9.17) is 4.42 Å². The number of aromatic hydroxyl groups is 1. The van der Waals surface area contributed by atoms with Crippen LogP contribution in [0.5, 0.6) is 5.75 Å². The molecule has 1 N–H and O–H groups in total. The van der Waals surface area contributed by atoms with E-state index in [2.05, 4.69) is 11.9 Å². The van der Waals surface area contributed by atoms with Crippen LogP contribution in [0.25, 0.3) is 11.0 Å². The van der Waals surface area contributed by atoms with E-state index in [-0.39, 0.29) is 16.8 Å². The normalized spacial score (nSPS) is 15.9. The molecule has 1 aliphatic rings. The summed E-state index contributed by atoms with van der Waals surface area (Å²) in [6.07, 6.45) is 12.1. The summed E-state index contributed by atoms with van der Waals surface area (Å²) in [5.74, 6) is 0.200. The van der Waals surface area contributed by atoms with Gasteiger partial charge in [0.15, 0.2) is 0 Å². The van der Waals surface area contributed by atoms with Gasteiger partial charge in [0.25, 0.3) is 0 Å². The van der Waals surface area contributed by atoms with E-state index in [9.17, 15) is 9.90 Å². The summed E-state index contributed by atoms with van der Waals surface area (Å²) < 4.78 is 5.66. The van der Waals surface area contributed by atoms with Gasteiger partial charge in [-0.3, -0.25) is 4.98 Å². The first-order valence-corrected chi connectivity index (χ1v) is 10.3. The van der Waals surface area contributed by atoms with Crippen LogP contribution in [0.15, 0.2) is 51.9 Å². The smallest absolute Gasteiger partial charge is 0.339 e. The summed E-state index contributed by atoms with van der Waals surface area (Å²) in [4.78, 5) is 16.7. The fourth-order valence-corrected chi connectivity index (χ4v) is 4.64. The van der Waals surface area contributed by atoms with Crippen molar-refractivity contribution in [3.63, 3.8) is 0 Å². The lowest BCUT2D eigenvalue weighted by molar-refractivity contribution is 0.387. The maximum absolute atomic E-state index is 12.6. The number of pyridine rings is 1. The minimum Gasteiger partial charge on any atom is -0.507 e. The van der Waals surface area contributed by atoms with Crippen molar-refractivity contribution >= 4 is 11.0 Å². The van der Waals surface area contributed by atoms with E-state index >= 15 is 0 Å². The zero-order valence-electron chi connectivity index (χ0n) is 16.4. The van der Waals surface area contributed by atoms with Gasteiger partial charge in [0, 0.05) is 24.4 Å². The standard InChI is InChI=1S/C24H27NO3/c1-2-3-8-24(9-4-5-10-24)19-14-21(26)20-13-18(23(27)28-22(20)15-19)12-17-7-6-11-25-16-17/h6-7,11,13-16,26H,2-5,8-10,12H2,1H3. The fraction of sp³-hybridized carbons (Fsp3) is 0.417. The van der Waals surface area contributed by atoms with Crippen LogP contribution in [-0.4, -0.2) is 10.1 Å². The minimum absolute atomic E-state index is 0.106. The van der Waals surface area contributed by atoms with E-state index in [1.807, 2.05) is 24.3 Å². The summed E-state index contributed by atoms with van der Waals surface area (Å²) >= 11 is 0. The van der Waals surface area contributed by atoms with Crippen LogP contribution in [0, 0.1) is 0 Å². The van der Waals surface area contributed by atoms with E-state index < -0.39 is 0 Å². The van der Waals surface area contributed by atoms with Crippen molar-refractivity contribution in [1.82, 2.24) is 4.98 Å². The summed E-state index contributed by atoms with van der Waals surface area (Å²) in [6, 6.07) is 9.43. The molecule has 1 saturated carbocycles. The molecule has 2 aromatic heterocycles. The zero-order valence-corrected chi connectivity index (χ0v) is 16.4. The number of nitrogens with zero attached hydrogens (tertiary/aromatic N) is 1. The monoisotopic (exact) mass is 377 g/mol. The van der Waals surface area contributed by atoms with Crippen molar-refractivity contribution in [3.8, 4) is 5.75 Å². The van der Waals surface area contributed by atoms with Gasteiger partial charge >= 0.3 is 5.63 Å². The predicted molar refractivity (Wildman–Crippen MR) is 111 cm³/mol. The molecule has 0 atom stereocenters. The maximum Gasteiger partial charge on any atom is 0.339 e. The highest BCUT2D eigenvalue weighted by Crippen LogP contribution is 2.46. The third-order valence-electron chi connectivity index (χ3n) is 6.20. The van der Waals surface area contributed by atoms with Crippen molar-refractivity contribution in [1.29, 1.82) is 0 Å². The van der Waals surface area contributed by atoms with Gasteiger partial charge in [0.05, 0.1) is 5.39 Å². The van der Waals surface area contributed by atoms with Crippen LogP contribution in [0.4, 0.5) is 0 Å². The number of aromatic nitrogens is 1. The lowest BCUT2D eigenvalue weighted by Gasteiger charge is -2.30. The van der Waals surface area contributed by atoms with Crippen LogP contribution in [0.1, 0.15) is 68.6 Å². The highest BCUT2D eigenvalue weighted by atomic mass is 16.4. The molecule has 2 heterocycles. The Hall–Kier alpha value is -2.62. The predicted octanol–water partition coefficient (Wildman–Crippen LogP) is 5.49. The molecule has 28 heavy (non-hydrogen) atoms. The molecular weight excluding hydrogens is 350 g/mol. The first kappa shape index (κ1) is 18.7. The molecule has 0 amide bonds. The second-order valence-electron chi connectivity index (χ2n) is 8.10. The highest BCUT2D eigenvalue weighted by molar-refractivity contribution is 5.84. The molecule has 1 aliphatic carbocycles. The molecule has 0 radical (unpaired) electrons. The van der Waals surface area contributed by atoms with Crippen molar-refractivity contribution < 1.29 is 9.52 Å². The SMILES string of the molecule is CCCCC1(c2cc(O)c3cc(Cc4cccnc4)c(=O)oc3c2)CCCC1. The number of phenolic OH excluding ortho intramolecular Hbond substituents is 1. The number of hydrogen-bond donors (Lipinski definition) is 1. The van der Waals surface area contributed by atoms with Gasteiger partial charge in [0.2, 0.25) is 0 Å². The number of benzene rings is 1. The fourth-order valence-electron chi connectivity index (χ4n) is 4.64. The molecule has 0 spiro atoms. The van der Waals surface area contributed by atoms with Gasteiger partial charge in [-0.1, -0.05) is 38.7 Å². The quantitative estimate of drug-likeness (QED) is 0.577. The van der Waals surface area contributed by atoms with Gasteiger partial charge in [-0.05, 0) is 60.1 Å². The number of hydrogen-bond acceptors (Lipinski definition) is 4. The lowest BCUT2D eigenvalue weighted by Crippen LogP contribution is -2.22. The molecule has 0 unspecified atom stereocenters. The van der Waals surface area contributed by atoms with Crippen molar-refractivity contribution in [2.24, 2.45) is 0 Å². The van der Waals surface area contributed by atoms with Crippen LogP contribution in [0.2, 0.25) is 0 Å². The molecular formula is C24H27NO3. The Labute approximate surface area is 165 Å². The molecule has 1 fully saturated rings. The molecule has 146 valence electrons. The summed E-state index contributed by atoms with van der Waals surface area (Å²) in [5, 5.41) is 11.4. The van der Waals surface area contributed by atoms with Crippen LogP contribution in [-0.2, 0) is 11.8 Å². The van der Waals surface area contributed by atoms with Crippen molar-refractivity contribution in [2.45, 2.75) is 63.7 Å². The Bertz CT molecular complexity index is 1020. The third-order valence-corrected chi connectivity index (χ3v) is 6.20. The Morgan fingerprint density at radius 3 is 2.75 bits per heavy atom. The molecule has 0 aliphatic heterocycles. The maximum atomic E-state index is 12.6. The van der Waals surface area contributed by atoms with Gasteiger partial charge in [0.1, 0.15) is 11.3 Å². The van der Waals surface area contributed by atoms with Crippen LogP contribution in [0.3, 0.4) is 0 Å². The van der Waals surface area contributed by atoms with E-state index in [1.165, 1.54) is 19.3 Å². The average molecular weight is 377 g/mol. The second-order valence-corrected chi connectivity index (χ2v) is 8.10. The summed E-state index contributed by atoms with van der Waals surface area (Å²) in [5.41, 5.74) is 2.83. The van der Waals surface area contributed by atoms with Crippen molar-refractivity contribution in [3.05, 3.63) is 69.8 Å². The Balaban J connectivity index is 1.75. The Morgan fingerprint density at radius 1 is 1.21 bits per heavy atom. The molecule has 4 nitrogen and oxygen atoms in total. The first-order valence-electron chi connectivity index (χ1n) is 10.3. The van der Waals surface area contributed by atoms with Gasteiger partial charge in [-0.25, -0.2) is 4.79 Å². The van der Waals surface area contributed by atoms with Crippen LogP contribution < -0.4 is 5.63 Å². The highest BCUT2D eigenvalue weighted by Gasteiger charge is 2.35. The largest absolute Gasteiger partial charge is 0.507 e. The average Bonchev–Trinajstić information content (AvgIpc) is 3.18. The van der Waals surface area contributed by atoms with E-state index in [0.29, 0.717) is 23.0 Å². The van der Waals surface area contributed by atoms with E-state index in [1.54, 1.807) is 18.5 Å². The molecule has 1 aromatic carbocycles. The zero-order chi connectivity index (χ0) is 19.6. The Morgan fingerprint density at radius 2 is 2.04 bits per heavy atom. The second kappa shape index (κ2) is 7.78. The minimum atomic E-state index is -0.345. The summed E-state index contributed by atoms with van der Waals surface area (Å²) in [6.45, 7) is 2.21. The van der Waals surface area contributed by atoms with Gasteiger partial charge in [-0.2, -0.15) is 0 Å². The van der Waals surface area contributed by atoms with Crippen molar-refractivity contribution in [2.75, 3.05) is 0 Å². The number of phenols is 1. The number of fused-ring (bicyclic) bond motifs is 1. The number of unbranched alkanes of at least 4 members (excludes halogenated alkanes) is 1. The molecule has 3 aromatic rings. The summed E-state index contributed by atoms with van der Waals surface area (Å²) in [7, 11) is 0. The third kappa shape index (κ3) is 3.56. The lowest BCUT2D eigenvalue weighted by atomic mass is 9.74. The van der Waals surface area contributed by atoms with Gasteiger partial charge < -0.3 is 9.52 Å². The molecule has 0 saturated heterocycles. The Kier molecular flexibility index (Phi) is 5.21. The van der Waals surface area contributed by atoms with E-state index in [0.717, 1.165) is 36.8 Å². The topological polar surface area (TPSA) is 63.3 Å². The van der Waals surface area contributed by atoms with Crippen LogP contribution >= 0.6 is 0 Å². The molecule has 4 heteroatoms. The van der Waals surface area contributed by atoms with Gasteiger partial charge in [-0.15, -0.1) is 0 Å².